The summed E-state index contributed by atoms with van der Waals surface area (Å²) in [5.41, 5.74) is 6.61. The molecule has 0 saturated heterocycles. The lowest BCUT2D eigenvalue weighted by Crippen LogP contribution is -2.34. The van der Waals surface area contributed by atoms with Crippen molar-refractivity contribution < 1.29 is 4.79 Å². The monoisotopic (exact) mass is 204 g/mol. The molecule has 0 spiro atoms. The Morgan fingerprint density at radius 1 is 1.47 bits per heavy atom. The van der Waals surface area contributed by atoms with Crippen LogP contribution in [0.2, 0.25) is 0 Å². The van der Waals surface area contributed by atoms with Crippen molar-refractivity contribution in [1.29, 1.82) is 0 Å². The molecule has 1 aromatic rings. The van der Waals surface area contributed by atoms with Gasteiger partial charge in [0.05, 0.1) is 0 Å². The third kappa shape index (κ3) is 3.56. The van der Waals surface area contributed by atoms with Crippen LogP contribution in [0.5, 0.6) is 0 Å². The van der Waals surface area contributed by atoms with Crippen LogP contribution >= 0.6 is 0 Å². The van der Waals surface area contributed by atoms with Gasteiger partial charge in [-0.25, -0.2) is 0 Å². The van der Waals surface area contributed by atoms with Crippen LogP contribution < -0.4 is 11.1 Å². The number of hydrogen-bond acceptors (Lipinski definition) is 2. The van der Waals surface area contributed by atoms with E-state index in [1.807, 2.05) is 30.3 Å². The molecular formula is C12H16N2O. The number of rotatable bonds is 5. The Kier molecular flexibility index (Phi) is 4.57. The molecule has 0 saturated carbocycles. The Morgan fingerprint density at radius 3 is 2.73 bits per heavy atom. The van der Waals surface area contributed by atoms with Crippen molar-refractivity contribution in [2.75, 3.05) is 6.54 Å². The maximum atomic E-state index is 11.5. The highest BCUT2D eigenvalue weighted by molar-refractivity contribution is 5.82. The maximum Gasteiger partial charge on any atom is 0.241 e. The number of amides is 1. The highest BCUT2D eigenvalue weighted by atomic mass is 16.2. The van der Waals surface area contributed by atoms with Crippen LogP contribution in [-0.4, -0.2) is 12.5 Å². The second-order valence-corrected chi connectivity index (χ2v) is 3.26. The van der Waals surface area contributed by atoms with Gasteiger partial charge in [0.15, 0.2) is 0 Å². The molecule has 1 atom stereocenters. The molecule has 0 aliphatic heterocycles. The molecule has 0 bridgehead atoms. The molecule has 0 aromatic heterocycles. The molecule has 1 rings (SSSR count). The minimum Gasteiger partial charge on any atom is -0.354 e. The molecule has 0 fully saturated rings. The molecule has 1 aromatic carbocycles. The summed E-state index contributed by atoms with van der Waals surface area (Å²) in [6.45, 7) is 4.16. The fourth-order valence-electron chi connectivity index (χ4n) is 1.22. The number of carbonyl (C=O) groups excluding carboxylic acids is 1. The van der Waals surface area contributed by atoms with Gasteiger partial charge in [0, 0.05) is 6.54 Å². The van der Waals surface area contributed by atoms with Gasteiger partial charge in [0.1, 0.15) is 6.04 Å². The van der Waals surface area contributed by atoms with E-state index in [-0.39, 0.29) is 5.91 Å². The molecule has 1 amide bonds. The molecule has 15 heavy (non-hydrogen) atoms. The van der Waals surface area contributed by atoms with E-state index in [9.17, 15) is 4.79 Å². The standard InChI is InChI=1S/C12H16N2O/c1-2-3-9-14-12(15)11(13)10-7-5-4-6-8-10/h2,4-8,11H,1,3,9,13H2,(H,14,15). The van der Waals surface area contributed by atoms with Crippen LogP contribution in [0.4, 0.5) is 0 Å². The number of benzene rings is 1. The minimum absolute atomic E-state index is 0.150. The molecule has 3 heteroatoms. The van der Waals surface area contributed by atoms with E-state index in [1.54, 1.807) is 6.08 Å². The van der Waals surface area contributed by atoms with Crippen LogP contribution in [0.1, 0.15) is 18.0 Å². The molecule has 0 aliphatic rings. The third-order valence-corrected chi connectivity index (χ3v) is 2.09. The van der Waals surface area contributed by atoms with Gasteiger partial charge >= 0.3 is 0 Å². The molecule has 0 heterocycles. The van der Waals surface area contributed by atoms with Crippen LogP contribution in [0.15, 0.2) is 43.0 Å². The van der Waals surface area contributed by atoms with E-state index < -0.39 is 6.04 Å². The normalized spacial score (nSPS) is 11.8. The second-order valence-electron chi connectivity index (χ2n) is 3.26. The van der Waals surface area contributed by atoms with Gasteiger partial charge in [-0.05, 0) is 12.0 Å². The van der Waals surface area contributed by atoms with Crippen LogP contribution in [-0.2, 0) is 4.79 Å². The van der Waals surface area contributed by atoms with Crippen LogP contribution in [0.25, 0.3) is 0 Å². The molecule has 1 unspecified atom stereocenters. The Labute approximate surface area is 90.0 Å². The Bertz CT molecular complexity index is 322. The van der Waals surface area contributed by atoms with E-state index in [1.165, 1.54) is 0 Å². The first kappa shape index (κ1) is 11.5. The lowest BCUT2D eigenvalue weighted by Gasteiger charge is -2.11. The highest BCUT2D eigenvalue weighted by Crippen LogP contribution is 2.08. The van der Waals surface area contributed by atoms with Crippen molar-refractivity contribution in [1.82, 2.24) is 5.32 Å². The molecule has 3 N–H and O–H groups in total. The SMILES string of the molecule is C=CCCNC(=O)C(N)c1ccccc1. The van der Waals surface area contributed by atoms with Crippen molar-refractivity contribution in [2.45, 2.75) is 12.5 Å². The zero-order valence-electron chi connectivity index (χ0n) is 8.65. The summed E-state index contributed by atoms with van der Waals surface area (Å²) in [6.07, 6.45) is 2.52. The summed E-state index contributed by atoms with van der Waals surface area (Å²) < 4.78 is 0. The van der Waals surface area contributed by atoms with Gasteiger partial charge in [0.25, 0.3) is 0 Å². The summed E-state index contributed by atoms with van der Waals surface area (Å²) in [5, 5.41) is 2.75. The van der Waals surface area contributed by atoms with Gasteiger partial charge < -0.3 is 11.1 Å². The topological polar surface area (TPSA) is 55.1 Å². The molecule has 0 radical (unpaired) electrons. The first-order chi connectivity index (χ1) is 7.25. The average molecular weight is 204 g/mol. The van der Waals surface area contributed by atoms with Gasteiger partial charge in [-0.15, -0.1) is 6.58 Å². The number of hydrogen-bond donors (Lipinski definition) is 2. The maximum absolute atomic E-state index is 11.5. The average Bonchev–Trinajstić information content (AvgIpc) is 2.29. The lowest BCUT2D eigenvalue weighted by molar-refractivity contribution is -0.122. The quantitative estimate of drug-likeness (QED) is 0.562. The fourth-order valence-corrected chi connectivity index (χ4v) is 1.22. The van der Waals surface area contributed by atoms with E-state index >= 15 is 0 Å². The van der Waals surface area contributed by atoms with Gasteiger partial charge in [0.2, 0.25) is 5.91 Å². The summed E-state index contributed by atoms with van der Waals surface area (Å²) in [6, 6.07) is 8.73. The number of carbonyl (C=O) groups is 1. The molecule has 80 valence electrons. The van der Waals surface area contributed by atoms with E-state index in [0.717, 1.165) is 12.0 Å². The fraction of sp³-hybridized carbons (Fsp3) is 0.250. The predicted molar refractivity (Wildman–Crippen MR) is 61.2 cm³/mol. The number of nitrogens with one attached hydrogen (secondary N) is 1. The first-order valence-electron chi connectivity index (χ1n) is 4.95. The zero-order chi connectivity index (χ0) is 11.1. The van der Waals surface area contributed by atoms with Crippen molar-refractivity contribution in [3.05, 3.63) is 48.6 Å². The highest BCUT2D eigenvalue weighted by Gasteiger charge is 2.13. The van der Waals surface area contributed by atoms with Crippen LogP contribution in [0, 0.1) is 0 Å². The lowest BCUT2D eigenvalue weighted by atomic mass is 10.1. The summed E-state index contributed by atoms with van der Waals surface area (Å²) >= 11 is 0. The minimum atomic E-state index is -0.587. The van der Waals surface area contributed by atoms with Crippen molar-refractivity contribution in [2.24, 2.45) is 5.73 Å². The molecule has 3 nitrogen and oxygen atoms in total. The van der Waals surface area contributed by atoms with E-state index in [0.29, 0.717) is 6.54 Å². The summed E-state index contributed by atoms with van der Waals surface area (Å²) in [7, 11) is 0. The van der Waals surface area contributed by atoms with Crippen molar-refractivity contribution in [3.63, 3.8) is 0 Å². The smallest absolute Gasteiger partial charge is 0.241 e. The van der Waals surface area contributed by atoms with Gasteiger partial charge in [-0.3, -0.25) is 4.79 Å². The largest absolute Gasteiger partial charge is 0.354 e. The Balaban J connectivity index is 2.50. The first-order valence-corrected chi connectivity index (χ1v) is 4.95. The summed E-state index contributed by atoms with van der Waals surface area (Å²) in [4.78, 5) is 11.5. The zero-order valence-corrected chi connectivity index (χ0v) is 8.65. The molecule has 0 aliphatic carbocycles. The number of nitrogens with two attached hydrogens (primary N) is 1. The van der Waals surface area contributed by atoms with Gasteiger partial charge in [-0.1, -0.05) is 36.4 Å². The predicted octanol–water partition coefficient (Wildman–Crippen LogP) is 1.38. The second kappa shape index (κ2) is 5.98. The Hall–Kier alpha value is -1.61. The van der Waals surface area contributed by atoms with Crippen molar-refractivity contribution in [3.8, 4) is 0 Å². The Morgan fingerprint density at radius 2 is 2.13 bits per heavy atom. The summed E-state index contributed by atoms with van der Waals surface area (Å²) in [5.74, 6) is -0.150. The van der Waals surface area contributed by atoms with Crippen LogP contribution in [0.3, 0.4) is 0 Å². The van der Waals surface area contributed by atoms with Gasteiger partial charge in [-0.2, -0.15) is 0 Å². The van der Waals surface area contributed by atoms with E-state index in [4.69, 9.17) is 5.73 Å². The van der Waals surface area contributed by atoms with Crippen molar-refractivity contribution >= 4 is 5.91 Å². The van der Waals surface area contributed by atoms with E-state index in [2.05, 4.69) is 11.9 Å². The third-order valence-electron chi connectivity index (χ3n) is 2.09. The molecular weight excluding hydrogens is 188 g/mol.